The van der Waals surface area contributed by atoms with Crippen LogP contribution in [0.2, 0.25) is 0 Å². The highest BCUT2D eigenvalue weighted by atomic mass is 32.2. The van der Waals surface area contributed by atoms with Crippen molar-refractivity contribution < 1.29 is 4.79 Å². The van der Waals surface area contributed by atoms with Crippen LogP contribution in [0.25, 0.3) is 0 Å². The molecule has 0 radical (unpaired) electrons. The molecule has 0 saturated carbocycles. The van der Waals surface area contributed by atoms with Crippen LogP contribution in [0.3, 0.4) is 0 Å². The van der Waals surface area contributed by atoms with Gasteiger partial charge in [-0.3, -0.25) is 4.79 Å². The van der Waals surface area contributed by atoms with Crippen molar-refractivity contribution in [1.29, 1.82) is 5.26 Å². The molecule has 1 aromatic heterocycles. The third kappa shape index (κ3) is 2.09. The number of nitrogens with one attached hydrogen (secondary N) is 1. The Labute approximate surface area is 105 Å². The summed E-state index contributed by atoms with van der Waals surface area (Å²) in [5.41, 5.74) is 8.49. The molecule has 0 unspecified atom stereocenters. The smallest absolute Gasteiger partial charge is 0.250 e. The van der Waals surface area contributed by atoms with Gasteiger partial charge in [0.05, 0.1) is 5.75 Å². The minimum Gasteiger partial charge on any atom is -0.382 e. The van der Waals surface area contributed by atoms with E-state index < -0.39 is 0 Å². The second-order valence-corrected chi connectivity index (χ2v) is 4.75. The summed E-state index contributed by atoms with van der Waals surface area (Å²) >= 11 is 2.55. The van der Waals surface area contributed by atoms with Crippen molar-refractivity contribution in [3.63, 3.8) is 0 Å². The molecule has 0 atom stereocenters. The standard InChI is InChI=1S/C8H8N6OS2/c1-16-7-4(2-9)6(10)14(13-7)8-12-11-5(15)3-17-8/h3,10H2,1H3,(H,11,15). The number of nitrogens with zero attached hydrogens (tertiary/aromatic N) is 4. The highest BCUT2D eigenvalue weighted by Gasteiger charge is 2.21. The van der Waals surface area contributed by atoms with Gasteiger partial charge in [-0.1, -0.05) is 11.8 Å². The predicted octanol–water partition coefficient (Wildman–Crippen LogP) is 0.0410. The van der Waals surface area contributed by atoms with Crippen LogP contribution in [0.15, 0.2) is 10.1 Å². The van der Waals surface area contributed by atoms with Gasteiger partial charge in [0.25, 0.3) is 5.91 Å². The first kappa shape index (κ1) is 11.8. The van der Waals surface area contributed by atoms with Crippen LogP contribution < -0.4 is 11.2 Å². The highest BCUT2D eigenvalue weighted by molar-refractivity contribution is 8.14. The molecule has 0 bridgehead atoms. The number of rotatable bonds is 1. The molecule has 1 aliphatic rings. The summed E-state index contributed by atoms with van der Waals surface area (Å²) in [6.07, 6.45) is 1.81. The number of anilines is 1. The average Bonchev–Trinajstić information content (AvgIpc) is 2.66. The van der Waals surface area contributed by atoms with Crippen LogP contribution >= 0.6 is 23.5 Å². The van der Waals surface area contributed by atoms with E-state index in [2.05, 4.69) is 15.6 Å². The van der Waals surface area contributed by atoms with E-state index in [1.807, 2.05) is 12.3 Å². The highest BCUT2D eigenvalue weighted by Crippen LogP contribution is 2.25. The van der Waals surface area contributed by atoms with Crippen molar-refractivity contribution in [3.8, 4) is 6.07 Å². The number of carbonyl (C=O) groups is 1. The lowest BCUT2D eigenvalue weighted by Gasteiger charge is -2.11. The van der Waals surface area contributed by atoms with Crippen molar-refractivity contribution in [2.45, 2.75) is 5.03 Å². The zero-order valence-corrected chi connectivity index (χ0v) is 10.4. The third-order valence-corrected chi connectivity index (χ3v) is 3.59. The van der Waals surface area contributed by atoms with E-state index in [0.29, 0.717) is 15.8 Å². The molecule has 88 valence electrons. The first-order chi connectivity index (χ1) is 8.17. The van der Waals surface area contributed by atoms with Gasteiger partial charge in [0.15, 0.2) is 0 Å². The SMILES string of the molecule is CSc1nn(C2=NNC(=O)CS2)c(N)c1C#N. The summed E-state index contributed by atoms with van der Waals surface area (Å²) in [6.45, 7) is 0. The second-order valence-electron chi connectivity index (χ2n) is 3.01. The normalized spacial score (nSPS) is 15.1. The Hall–Kier alpha value is -1.66. The zero-order valence-electron chi connectivity index (χ0n) is 8.80. The number of carbonyl (C=O) groups excluding carboxylic acids is 1. The van der Waals surface area contributed by atoms with E-state index in [1.54, 1.807) is 0 Å². The first-order valence-electron chi connectivity index (χ1n) is 4.49. The third-order valence-electron chi connectivity index (χ3n) is 1.98. The summed E-state index contributed by atoms with van der Waals surface area (Å²) in [5, 5.41) is 18.0. The Bertz CT molecular complexity index is 543. The number of hydrazone groups is 1. The van der Waals surface area contributed by atoms with Gasteiger partial charge in [-0.2, -0.15) is 15.0 Å². The van der Waals surface area contributed by atoms with Gasteiger partial charge in [0.1, 0.15) is 22.5 Å². The fraction of sp³-hybridized carbons (Fsp3) is 0.250. The minimum absolute atomic E-state index is 0.171. The molecule has 1 aromatic rings. The quantitative estimate of drug-likeness (QED) is 0.696. The molecule has 0 spiro atoms. The van der Waals surface area contributed by atoms with E-state index >= 15 is 0 Å². The van der Waals surface area contributed by atoms with E-state index in [-0.39, 0.29) is 17.5 Å². The first-order valence-corrected chi connectivity index (χ1v) is 6.70. The molecule has 0 aromatic carbocycles. The van der Waals surface area contributed by atoms with E-state index in [9.17, 15) is 4.79 Å². The van der Waals surface area contributed by atoms with Gasteiger partial charge < -0.3 is 5.73 Å². The van der Waals surface area contributed by atoms with E-state index in [4.69, 9.17) is 11.0 Å². The molecule has 1 amide bonds. The number of aromatic nitrogens is 2. The Morgan fingerprint density at radius 1 is 1.71 bits per heavy atom. The maximum atomic E-state index is 11.0. The van der Waals surface area contributed by atoms with E-state index in [0.717, 1.165) is 0 Å². The summed E-state index contributed by atoms with van der Waals surface area (Å²) < 4.78 is 1.37. The summed E-state index contributed by atoms with van der Waals surface area (Å²) in [7, 11) is 0. The van der Waals surface area contributed by atoms with Gasteiger partial charge >= 0.3 is 0 Å². The van der Waals surface area contributed by atoms with Gasteiger partial charge in [-0.05, 0) is 6.26 Å². The average molecular weight is 268 g/mol. The maximum Gasteiger partial charge on any atom is 0.250 e. The van der Waals surface area contributed by atoms with Crippen molar-refractivity contribution in [2.75, 3.05) is 17.7 Å². The summed E-state index contributed by atoms with van der Waals surface area (Å²) in [6, 6.07) is 2.00. The zero-order chi connectivity index (χ0) is 12.4. The van der Waals surface area contributed by atoms with Crippen LogP contribution in [0.4, 0.5) is 5.82 Å². The lowest BCUT2D eigenvalue weighted by Crippen LogP contribution is -2.30. The lowest BCUT2D eigenvalue weighted by atomic mass is 10.4. The van der Waals surface area contributed by atoms with Gasteiger partial charge in [0, 0.05) is 0 Å². The number of thioether (sulfide) groups is 2. The van der Waals surface area contributed by atoms with Crippen LogP contribution in [0.5, 0.6) is 0 Å². The number of hydrogen-bond acceptors (Lipinski definition) is 7. The predicted molar refractivity (Wildman–Crippen MR) is 66.6 cm³/mol. The lowest BCUT2D eigenvalue weighted by molar-refractivity contribution is -0.118. The molecular formula is C8H8N6OS2. The van der Waals surface area contributed by atoms with Crippen molar-refractivity contribution >= 4 is 40.4 Å². The topological polar surface area (TPSA) is 109 Å². The largest absolute Gasteiger partial charge is 0.382 e. The Morgan fingerprint density at radius 3 is 2.94 bits per heavy atom. The van der Waals surface area contributed by atoms with Crippen LogP contribution in [0, 0.1) is 11.3 Å². The van der Waals surface area contributed by atoms with Gasteiger partial charge in [-0.15, -0.1) is 16.9 Å². The molecule has 0 aliphatic carbocycles. The monoisotopic (exact) mass is 268 g/mol. The molecule has 0 saturated heterocycles. The molecule has 2 rings (SSSR count). The molecule has 9 heteroatoms. The maximum absolute atomic E-state index is 11.0. The molecule has 3 N–H and O–H groups in total. The number of amides is 1. The molecule has 7 nitrogen and oxygen atoms in total. The Balaban J connectivity index is 2.44. The van der Waals surface area contributed by atoms with E-state index in [1.165, 1.54) is 28.2 Å². The summed E-state index contributed by atoms with van der Waals surface area (Å²) in [5.74, 6) is 0.323. The van der Waals surface area contributed by atoms with Crippen LogP contribution in [-0.2, 0) is 4.79 Å². The fourth-order valence-electron chi connectivity index (χ4n) is 1.22. The number of nitrogens with two attached hydrogens (primary N) is 1. The Morgan fingerprint density at radius 2 is 2.47 bits per heavy atom. The van der Waals surface area contributed by atoms with Gasteiger partial charge in [-0.25, -0.2) is 5.43 Å². The van der Waals surface area contributed by atoms with Crippen molar-refractivity contribution in [1.82, 2.24) is 15.2 Å². The Kier molecular flexibility index (Phi) is 3.26. The number of nitriles is 1. The molecule has 1 aliphatic heterocycles. The van der Waals surface area contributed by atoms with Crippen molar-refractivity contribution in [3.05, 3.63) is 5.56 Å². The molecule has 2 heterocycles. The minimum atomic E-state index is -0.171. The number of hydrogen-bond donors (Lipinski definition) is 2. The van der Waals surface area contributed by atoms with Gasteiger partial charge in [0.2, 0.25) is 5.17 Å². The molecule has 0 fully saturated rings. The molecular weight excluding hydrogens is 260 g/mol. The summed E-state index contributed by atoms with van der Waals surface area (Å²) in [4.78, 5) is 11.0. The van der Waals surface area contributed by atoms with Crippen LogP contribution in [0.1, 0.15) is 5.56 Å². The van der Waals surface area contributed by atoms with Crippen molar-refractivity contribution in [2.24, 2.45) is 5.10 Å². The fourth-order valence-corrected chi connectivity index (χ4v) is 2.43. The second kappa shape index (κ2) is 4.68. The number of nitrogen functional groups attached to an aromatic ring is 1. The van der Waals surface area contributed by atoms with Crippen LogP contribution in [-0.4, -0.2) is 32.9 Å². The molecule has 17 heavy (non-hydrogen) atoms.